The van der Waals surface area contributed by atoms with Crippen LogP contribution in [-0.2, 0) is 6.42 Å². The summed E-state index contributed by atoms with van der Waals surface area (Å²) < 4.78 is 0. The van der Waals surface area contributed by atoms with Crippen molar-refractivity contribution < 1.29 is 0 Å². The van der Waals surface area contributed by atoms with Crippen molar-refractivity contribution in [2.75, 3.05) is 0 Å². The summed E-state index contributed by atoms with van der Waals surface area (Å²) in [6.45, 7) is 1.95. The summed E-state index contributed by atoms with van der Waals surface area (Å²) >= 11 is 12.0. The Kier molecular flexibility index (Phi) is 3.33. The van der Waals surface area contributed by atoms with Gasteiger partial charge in [-0.15, -0.1) is 0 Å². The number of nitrogens with zero attached hydrogens (tertiary/aromatic N) is 1. The number of fused-ring (bicyclic) bond motifs is 1. The van der Waals surface area contributed by atoms with Crippen LogP contribution in [0.15, 0.2) is 24.3 Å². The molecule has 1 aromatic heterocycles. The first-order valence-corrected chi connectivity index (χ1v) is 5.82. The first-order valence-electron chi connectivity index (χ1n) is 5.06. The average molecular weight is 255 g/mol. The van der Waals surface area contributed by atoms with Crippen molar-refractivity contribution in [2.24, 2.45) is 5.73 Å². The van der Waals surface area contributed by atoms with E-state index in [0.717, 1.165) is 23.0 Å². The van der Waals surface area contributed by atoms with E-state index >= 15 is 0 Å². The van der Waals surface area contributed by atoms with Gasteiger partial charge in [-0.1, -0.05) is 29.3 Å². The van der Waals surface area contributed by atoms with Crippen LogP contribution in [0, 0.1) is 0 Å². The fourth-order valence-electron chi connectivity index (χ4n) is 1.64. The molecule has 0 aliphatic heterocycles. The van der Waals surface area contributed by atoms with Crippen LogP contribution in [0.1, 0.15) is 12.6 Å². The lowest BCUT2D eigenvalue weighted by Crippen LogP contribution is -2.18. The molecule has 0 saturated heterocycles. The number of hydrogen-bond donors (Lipinski definition) is 1. The highest BCUT2D eigenvalue weighted by molar-refractivity contribution is 6.38. The highest BCUT2D eigenvalue weighted by Crippen LogP contribution is 2.26. The Morgan fingerprint density at radius 3 is 2.75 bits per heavy atom. The third kappa shape index (κ3) is 2.46. The number of pyridine rings is 1. The molecule has 0 amide bonds. The monoisotopic (exact) mass is 254 g/mol. The molecule has 0 fully saturated rings. The van der Waals surface area contributed by atoms with Gasteiger partial charge in [0, 0.05) is 28.6 Å². The van der Waals surface area contributed by atoms with Crippen LogP contribution in [-0.4, -0.2) is 11.0 Å². The van der Waals surface area contributed by atoms with Crippen LogP contribution in [0.5, 0.6) is 0 Å². The molecule has 2 aromatic rings. The summed E-state index contributed by atoms with van der Waals surface area (Å²) in [6.07, 6.45) is 0.745. The van der Waals surface area contributed by atoms with E-state index in [9.17, 15) is 0 Å². The first-order chi connectivity index (χ1) is 7.56. The van der Waals surface area contributed by atoms with Gasteiger partial charge in [0.05, 0.1) is 10.5 Å². The minimum absolute atomic E-state index is 0.0935. The fraction of sp³-hybridized carbons (Fsp3) is 0.250. The molecular weight excluding hydrogens is 243 g/mol. The lowest BCUT2D eigenvalue weighted by molar-refractivity contribution is 0.725. The molecule has 2 nitrogen and oxygen atoms in total. The zero-order valence-corrected chi connectivity index (χ0v) is 10.4. The average Bonchev–Trinajstić information content (AvgIpc) is 2.18. The number of benzene rings is 1. The van der Waals surface area contributed by atoms with Crippen molar-refractivity contribution in [1.29, 1.82) is 0 Å². The van der Waals surface area contributed by atoms with Gasteiger partial charge in [-0.3, -0.25) is 4.98 Å². The Morgan fingerprint density at radius 1 is 1.31 bits per heavy atom. The molecule has 16 heavy (non-hydrogen) atoms. The Bertz CT molecular complexity index is 524. The summed E-state index contributed by atoms with van der Waals surface area (Å²) in [6, 6.07) is 7.58. The maximum Gasteiger partial charge on any atom is 0.0892 e. The molecule has 0 aliphatic rings. The smallest absolute Gasteiger partial charge is 0.0892 e. The quantitative estimate of drug-likeness (QED) is 0.892. The van der Waals surface area contributed by atoms with Crippen LogP contribution < -0.4 is 5.73 Å². The highest BCUT2D eigenvalue weighted by Gasteiger charge is 2.05. The molecule has 1 atom stereocenters. The van der Waals surface area contributed by atoms with Crippen molar-refractivity contribution in [3.63, 3.8) is 0 Å². The number of hydrogen-bond acceptors (Lipinski definition) is 2. The third-order valence-electron chi connectivity index (χ3n) is 2.30. The lowest BCUT2D eigenvalue weighted by atomic mass is 10.1. The number of halogens is 2. The van der Waals surface area contributed by atoms with E-state index < -0.39 is 0 Å². The summed E-state index contributed by atoms with van der Waals surface area (Å²) in [5, 5.41) is 2.15. The SMILES string of the molecule is CC(N)Cc1ccc2cc(Cl)cc(Cl)c2n1. The summed E-state index contributed by atoms with van der Waals surface area (Å²) in [5.74, 6) is 0. The second-order valence-electron chi connectivity index (χ2n) is 3.94. The Labute approximate surface area is 104 Å². The summed E-state index contributed by atoms with van der Waals surface area (Å²) in [5.41, 5.74) is 7.47. The van der Waals surface area contributed by atoms with Crippen molar-refractivity contribution in [2.45, 2.75) is 19.4 Å². The maximum atomic E-state index is 6.09. The molecule has 84 valence electrons. The Hall–Kier alpha value is -0.830. The minimum Gasteiger partial charge on any atom is -0.328 e. The predicted octanol–water partition coefficient (Wildman–Crippen LogP) is 3.43. The second-order valence-corrected chi connectivity index (χ2v) is 4.79. The van der Waals surface area contributed by atoms with Gasteiger partial charge in [-0.25, -0.2) is 0 Å². The molecule has 1 unspecified atom stereocenters. The van der Waals surface area contributed by atoms with Crippen LogP contribution in [0.25, 0.3) is 10.9 Å². The molecule has 0 aliphatic carbocycles. The largest absolute Gasteiger partial charge is 0.328 e. The van der Waals surface area contributed by atoms with Gasteiger partial charge in [0.25, 0.3) is 0 Å². The third-order valence-corrected chi connectivity index (χ3v) is 2.81. The Morgan fingerprint density at radius 2 is 2.06 bits per heavy atom. The second kappa shape index (κ2) is 4.58. The molecule has 2 N–H and O–H groups in total. The van der Waals surface area contributed by atoms with Crippen molar-refractivity contribution in [1.82, 2.24) is 4.98 Å². The van der Waals surface area contributed by atoms with Gasteiger partial charge in [-0.2, -0.15) is 0 Å². The molecule has 2 rings (SSSR count). The van der Waals surface area contributed by atoms with Crippen molar-refractivity contribution in [3.8, 4) is 0 Å². The van der Waals surface area contributed by atoms with Crippen LogP contribution in [0.2, 0.25) is 10.0 Å². The normalized spacial score (nSPS) is 13.0. The zero-order chi connectivity index (χ0) is 11.7. The molecule has 0 bridgehead atoms. The molecule has 4 heteroatoms. The summed E-state index contributed by atoms with van der Waals surface area (Å²) in [4.78, 5) is 4.49. The van der Waals surface area contributed by atoms with E-state index in [-0.39, 0.29) is 6.04 Å². The molecule has 0 spiro atoms. The molecule has 1 aromatic carbocycles. The number of aromatic nitrogens is 1. The molecular formula is C12H12Cl2N2. The lowest BCUT2D eigenvalue weighted by Gasteiger charge is -2.07. The summed E-state index contributed by atoms with van der Waals surface area (Å²) in [7, 11) is 0. The fourth-order valence-corrected chi connectivity index (χ4v) is 2.19. The topological polar surface area (TPSA) is 38.9 Å². The van der Waals surface area contributed by atoms with Gasteiger partial charge in [0.2, 0.25) is 0 Å². The van der Waals surface area contributed by atoms with Crippen LogP contribution >= 0.6 is 23.2 Å². The van der Waals surface area contributed by atoms with Gasteiger partial charge < -0.3 is 5.73 Å². The van der Waals surface area contributed by atoms with E-state index in [1.807, 2.05) is 25.1 Å². The first kappa shape index (κ1) is 11.6. The number of rotatable bonds is 2. The molecule has 0 saturated carbocycles. The predicted molar refractivity (Wildman–Crippen MR) is 69.1 cm³/mol. The maximum absolute atomic E-state index is 6.09. The van der Waals surface area contributed by atoms with E-state index in [2.05, 4.69) is 4.98 Å². The van der Waals surface area contributed by atoms with Crippen molar-refractivity contribution in [3.05, 3.63) is 40.0 Å². The van der Waals surface area contributed by atoms with Gasteiger partial charge in [0.1, 0.15) is 0 Å². The van der Waals surface area contributed by atoms with E-state index in [1.165, 1.54) is 0 Å². The highest BCUT2D eigenvalue weighted by atomic mass is 35.5. The van der Waals surface area contributed by atoms with Gasteiger partial charge in [-0.05, 0) is 25.1 Å². The Balaban J connectivity index is 2.53. The van der Waals surface area contributed by atoms with E-state index in [1.54, 1.807) is 6.07 Å². The van der Waals surface area contributed by atoms with Gasteiger partial charge in [0.15, 0.2) is 0 Å². The molecule has 0 radical (unpaired) electrons. The van der Waals surface area contributed by atoms with Crippen LogP contribution in [0.4, 0.5) is 0 Å². The van der Waals surface area contributed by atoms with E-state index in [0.29, 0.717) is 10.0 Å². The van der Waals surface area contributed by atoms with E-state index in [4.69, 9.17) is 28.9 Å². The van der Waals surface area contributed by atoms with Crippen LogP contribution in [0.3, 0.4) is 0 Å². The number of nitrogens with two attached hydrogens (primary N) is 1. The van der Waals surface area contributed by atoms with Crippen molar-refractivity contribution >= 4 is 34.1 Å². The van der Waals surface area contributed by atoms with Gasteiger partial charge >= 0.3 is 0 Å². The standard InChI is InChI=1S/C12H12Cl2N2/c1-7(15)4-10-3-2-8-5-9(13)6-11(14)12(8)16-10/h2-3,5-7H,4,15H2,1H3. The minimum atomic E-state index is 0.0935. The molecule has 1 heterocycles. The zero-order valence-electron chi connectivity index (χ0n) is 8.87.